The van der Waals surface area contributed by atoms with E-state index in [1.54, 1.807) is 5.57 Å². The number of amides is 1. The first kappa shape index (κ1) is 28.4. The smallest absolute Gasteiger partial charge is 0.407 e. The summed E-state index contributed by atoms with van der Waals surface area (Å²) in [6, 6.07) is 8.71. The van der Waals surface area contributed by atoms with Crippen LogP contribution in [0.1, 0.15) is 116 Å². The van der Waals surface area contributed by atoms with Crippen LogP contribution < -0.4 is 5.32 Å². The van der Waals surface area contributed by atoms with E-state index in [1.807, 2.05) is 0 Å². The zero-order valence-corrected chi connectivity index (χ0v) is 26.0. The summed E-state index contributed by atoms with van der Waals surface area (Å²) in [5.74, 6) is 5.18. The molecule has 0 aromatic heterocycles. The molecule has 40 heavy (non-hydrogen) atoms. The highest BCUT2D eigenvalue weighted by molar-refractivity contribution is 5.68. The second kappa shape index (κ2) is 11.1. The summed E-state index contributed by atoms with van der Waals surface area (Å²) < 4.78 is 6.06. The van der Waals surface area contributed by atoms with Gasteiger partial charge in [-0.25, -0.2) is 4.79 Å². The van der Waals surface area contributed by atoms with Gasteiger partial charge in [0, 0.05) is 12.5 Å². The quantitative estimate of drug-likeness (QED) is 0.347. The fourth-order valence-corrected chi connectivity index (χ4v) is 10.8. The Kier molecular flexibility index (Phi) is 7.90. The number of carbonyl (C=O) groups is 1. The zero-order valence-electron chi connectivity index (χ0n) is 26.0. The van der Waals surface area contributed by atoms with E-state index in [-0.39, 0.29) is 18.2 Å². The number of carbonyl (C=O) groups excluding carboxylic acids is 1. The van der Waals surface area contributed by atoms with Crippen molar-refractivity contribution in [3.05, 3.63) is 47.0 Å². The molecule has 6 rings (SSSR count). The van der Waals surface area contributed by atoms with Crippen molar-refractivity contribution in [2.45, 2.75) is 130 Å². The van der Waals surface area contributed by atoms with Crippen LogP contribution in [0.2, 0.25) is 0 Å². The molecule has 220 valence electrons. The van der Waals surface area contributed by atoms with Gasteiger partial charge in [-0.05, 0) is 115 Å². The topological polar surface area (TPSA) is 38.3 Å². The van der Waals surface area contributed by atoms with Crippen LogP contribution in [-0.2, 0) is 17.6 Å². The SMILES string of the molecule is CC(C)CCC[C@@H](C)[C@H]1CC[C@H]2[C@@H]3CC=C4C[C@@H](OC(=O)NC5Cc6ccccc6C5)CC[C@]4(C)[C@H]3CC[C@]12C. The van der Waals surface area contributed by atoms with Crippen LogP contribution in [0.15, 0.2) is 35.9 Å². The van der Waals surface area contributed by atoms with Crippen LogP contribution in [-0.4, -0.2) is 18.2 Å². The predicted molar refractivity (Wildman–Crippen MR) is 164 cm³/mol. The number of hydrogen-bond acceptors (Lipinski definition) is 2. The lowest BCUT2D eigenvalue weighted by Gasteiger charge is -2.58. The molecule has 0 aliphatic heterocycles. The number of fused-ring (bicyclic) bond motifs is 6. The largest absolute Gasteiger partial charge is 0.446 e. The lowest BCUT2D eigenvalue weighted by molar-refractivity contribution is -0.0582. The number of ether oxygens (including phenoxy) is 1. The second-order valence-corrected chi connectivity index (χ2v) is 15.6. The molecule has 1 amide bonds. The van der Waals surface area contributed by atoms with Gasteiger partial charge >= 0.3 is 6.09 Å². The van der Waals surface area contributed by atoms with Gasteiger partial charge in [-0.1, -0.05) is 89.8 Å². The van der Waals surface area contributed by atoms with Crippen molar-refractivity contribution in [3.8, 4) is 0 Å². The van der Waals surface area contributed by atoms with Gasteiger partial charge < -0.3 is 10.1 Å². The summed E-state index contributed by atoms with van der Waals surface area (Å²) in [5.41, 5.74) is 5.17. The van der Waals surface area contributed by atoms with Gasteiger partial charge in [-0.15, -0.1) is 0 Å². The number of hydrogen-bond donors (Lipinski definition) is 1. The van der Waals surface area contributed by atoms with Gasteiger partial charge in [-0.3, -0.25) is 0 Å². The van der Waals surface area contributed by atoms with Crippen LogP contribution >= 0.6 is 0 Å². The Morgan fingerprint density at radius 1 is 0.950 bits per heavy atom. The van der Waals surface area contributed by atoms with Gasteiger partial charge in [0.15, 0.2) is 0 Å². The average molecular weight is 546 g/mol. The zero-order chi connectivity index (χ0) is 28.1. The molecular formula is C37H55NO2. The maximum Gasteiger partial charge on any atom is 0.407 e. The van der Waals surface area contributed by atoms with Crippen molar-refractivity contribution in [1.82, 2.24) is 5.32 Å². The molecular weight excluding hydrogens is 490 g/mol. The summed E-state index contributed by atoms with van der Waals surface area (Å²) >= 11 is 0. The Labute approximate surface area is 244 Å². The molecule has 1 N–H and O–H groups in total. The van der Waals surface area contributed by atoms with Gasteiger partial charge in [0.2, 0.25) is 0 Å². The molecule has 3 fully saturated rings. The minimum absolute atomic E-state index is 0.0241. The third-order valence-electron chi connectivity index (χ3n) is 12.9. The monoisotopic (exact) mass is 545 g/mol. The molecule has 5 aliphatic rings. The standard InChI is InChI=1S/C37H55NO2/c1-24(2)9-8-10-25(3)32-15-16-33-31-14-13-28-23-30(17-19-36(28,4)34(31)18-20-37(32,33)5)40-35(39)38-29-21-26-11-6-7-12-27(26)22-29/h6-7,11-13,24-25,29-34H,8-10,14-23H2,1-5H3,(H,38,39)/t25-,30+,31+,32-,33+,34+,36+,37-/m1/s1. The molecule has 3 heteroatoms. The predicted octanol–water partition coefficient (Wildman–Crippen LogP) is 9.29. The van der Waals surface area contributed by atoms with E-state index in [2.05, 4.69) is 70.3 Å². The molecule has 0 bridgehead atoms. The number of alkyl carbamates (subject to hydrolysis) is 1. The minimum atomic E-state index is -0.214. The van der Waals surface area contributed by atoms with Crippen LogP contribution in [0.4, 0.5) is 4.79 Å². The normalized spacial score (nSPS) is 37.6. The maximum absolute atomic E-state index is 12.9. The van der Waals surface area contributed by atoms with Crippen molar-refractivity contribution in [3.63, 3.8) is 0 Å². The Morgan fingerprint density at radius 2 is 1.70 bits per heavy atom. The molecule has 5 aliphatic carbocycles. The maximum atomic E-state index is 12.9. The highest BCUT2D eigenvalue weighted by atomic mass is 16.6. The van der Waals surface area contributed by atoms with Crippen molar-refractivity contribution < 1.29 is 9.53 Å². The lowest BCUT2D eigenvalue weighted by Crippen LogP contribution is -2.51. The fraction of sp³-hybridized carbons (Fsp3) is 0.757. The second-order valence-electron chi connectivity index (χ2n) is 15.6. The Balaban J connectivity index is 1.06. The molecule has 1 aromatic carbocycles. The average Bonchev–Trinajstić information content (AvgIpc) is 3.48. The summed E-state index contributed by atoms with van der Waals surface area (Å²) in [6.07, 6.45) is 18.6. The molecule has 0 heterocycles. The summed E-state index contributed by atoms with van der Waals surface area (Å²) in [7, 11) is 0. The van der Waals surface area contributed by atoms with E-state index in [9.17, 15) is 4.79 Å². The Morgan fingerprint density at radius 3 is 2.42 bits per heavy atom. The minimum Gasteiger partial charge on any atom is -0.446 e. The number of nitrogens with one attached hydrogen (secondary N) is 1. The highest BCUT2D eigenvalue weighted by Crippen LogP contribution is 2.67. The van der Waals surface area contributed by atoms with Crippen LogP contribution in [0.3, 0.4) is 0 Å². The highest BCUT2D eigenvalue weighted by Gasteiger charge is 2.59. The van der Waals surface area contributed by atoms with Crippen LogP contribution in [0.5, 0.6) is 0 Å². The van der Waals surface area contributed by atoms with Crippen LogP contribution in [0.25, 0.3) is 0 Å². The molecule has 8 atom stereocenters. The number of rotatable bonds is 7. The van der Waals surface area contributed by atoms with Gasteiger partial charge in [0.25, 0.3) is 0 Å². The van der Waals surface area contributed by atoms with Gasteiger partial charge in [0.1, 0.15) is 6.10 Å². The summed E-state index contributed by atoms with van der Waals surface area (Å²) in [6.45, 7) is 12.6. The van der Waals surface area contributed by atoms with E-state index in [4.69, 9.17) is 4.74 Å². The third kappa shape index (κ3) is 5.17. The number of allylic oxidation sites excluding steroid dienone is 1. The van der Waals surface area contributed by atoms with E-state index in [1.165, 1.54) is 68.9 Å². The Bertz CT molecular complexity index is 1080. The third-order valence-corrected chi connectivity index (χ3v) is 12.9. The van der Waals surface area contributed by atoms with Gasteiger partial charge in [-0.2, -0.15) is 0 Å². The van der Waals surface area contributed by atoms with E-state index in [0.717, 1.165) is 61.2 Å². The van der Waals surface area contributed by atoms with Crippen molar-refractivity contribution in [2.24, 2.45) is 46.3 Å². The first-order valence-electron chi connectivity index (χ1n) is 16.9. The molecule has 0 spiro atoms. The molecule has 3 nitrogen and oxygen atoms in total. The van der Waals surface area contributed by atoms with E-state index < -0.39 is 0 Å². The van der Waals surface area contributed by atoms with Crippen molar-refractivity contribution in [1.29, 1.82) is 0 Å². The first-order chi connectivity index (χ1) is 19.2. The van der Waals surface area contributed by atoms with E-state index >= 15 is 0 Å². The molecule has 0 saturated heterocycles. The first-order valence-corrected chi connectivity index (χ1v) is 16.9. The fourth-order valence-electron chi connectivity index (χ4n) is 10.8. The van der Waals surface area contributed by atoms with Crippen molar-refractivity contribution >= 4 is 6.09 Å². The van der Waals surface area contributed by atoms with Crippen LogP contribution in [0, 0.1) is 46.3 Å². The lowest BCUT2D eigenvalue weighted by atomic mass is 9.47. The molecule has 3 saturated carbocycles. The van der Waals surface area contributed by atoms with E-state index in [0.29, 0.717) is 10.8 Å². The van der Waals surface area contributed by atoms with Gasteiger partial charge in [0.05, 0.1) is 0 Å². The molecule has 0 radical (unpaired) electrons. The van der Waals surface area contributed by atoms with Crippen molar-refractivity contribution in [2.75, 3.05) is 0 Å². The summed E-state index contributed by atoms with van der Waals surface area (Å²) in [4.78, 5) is 12.9. The molecule has 1 aromatic rings. The number of benzene rings is 1. The summed E-state index contributed by atoms with van der Waals surface area (Å²) in [5, 5.41) is 3.18. The Hall–Kier alpha value is -1.77. The molecule has 0 unspecified atom stereocenters.